The van der Waals surface area contributed by atoms with Crippen molar-refractivity contribution in [3.8, 4) is 0 Å². The van der Waals surface area contributed by atoms with Crippen LogP contribution < -0.4 is 5.32 Å². The predicted octanol–water partition coefficient (Wildman–Crippen LogP) is 3.43. The average molecular weight is 338 g/mol. The van der Waals surface area contributed by atoms with E-state index in [0.717, 1.165) is 6.42 Å². The minimum absolute atomic E-state index is 0.0582. The van der Waals surface area contributed by atoms with Crippen LogP contribution in [0.15, 0.2) is 23.1 Å². The Kier molecular flexibility index (Phi) is 5.86. The molecule has 1 atom stereocenters. The van der Waals surface area contributed by atoms with Crippen molar-refractivity contribution < 1.29 is 13.2 Å². The van der Waals surface area contributed by atoms with Gasteiger partial charge in [0, 0.05) is 16.7 Å². The molecule has 112 valence electrons. The van der Waals surface area contributed by atoms with E-state index in [1.165, 1.54) is 18.2 Å². The standard InChI is InChI=1S/C13H17Cl2NO3S/c1-4-10(8(2)3)16-13(17)12-9(14)6-5-7-11(12)20(15,18)19/h5-8,10H,4H2,1-3H3,(H,16,17). The Hall–Kier alpha value is -0.780. The smallest absolute Gasteiger partial charge is 0.262 e. The van der Waals surface area contributed by atoms with Gasteiger partial charge in [0.05, 0.1) is 15.5 Å². The quantitative estimate of drug-likeness (QED) is 0.837. The van der Waals surface area contributed by atoms with Crippen molar-refractivity contribution in [1.82, 2.24) is 5.32 Å². The summed E-state index contributed by atoms with van der Waals surface area (Å²) in [5, 5.41) is 2.85. The summed E-state index contributed by atoms with van der Waals surface area (Å²) in [6.07, 6.45) is 0.733. The van der Waals surface area contributed by atoms with E-state index >= 15 is 0 Å². The van der Waals surface area contributed by atoms with Crippen molar-refractivity contribution in [1.29, 1.82) is 0 Å². The number of carbonyl (C=O) groups excluding carboxylic acids is 1. The zero-order valence-electron chi connectivity index (χ0n) is 11.5. The van der Waals surface area contributed by atoms with Crippen LogP contribution in [-0.2, 0) is 9.05 Å². The lowest BCUT2D eigenvalue weighted by Gasteiger charge is -2.21. The molecule has 1 aromatic rings. The molecule has 4 nitrogen and oxygen atoms in total. The molecule has 0 heterocycles. The highest BCUT2D eigenvalue weighted by molar-refractivity contribution is 8.13. The summed E-state index contributed by atoms with van der Waals surface area (Å²) in [4.78, 5) is 12.0. The highest BCUT2D eigenvalue weighted by atomic mass is 35.7. The van der Waals surface area contributed by atoms with Gasteiger partial charge in [-0.15, -0.1) is 0 Å². The van der Waals surface area contributed by atoms with Gasteiger partial charge in [-0.05, 0) is 24.5 Å². The number of hydrogen-bond acceptors (Lipinski definition) is 3. The Morgan fingerprint density at radius 3 is 2.40 bits per heavy atom. The molecule has 0 radical (unpaired) electrons. The van der Waals surface area contributed by atoms with E-state index < -0.39 is 15.0 Å². The van der Waals surface area contributed by atoms with Crippen LogP contribution >= 0.6 is 22.3 Å². The van der Waals surface area contributed by atoms with Gasteiger partial charge < -0.3 is 5.32 Å². The predicted molar refractivity (Wildman–Crippen MR) is 80.9 cm³/mol. The molecule has 1 amide bonds. The minimum atomic E-state index is -4.04. The van der Waals surface area contributed by atoms with Crippen molar-refractivity contribution in [3.63, 3.8) is 0 Å². The molecule has 0 saturated carbocycles. The number of amides is 1. The largest absolute Gasteiger partial charge is 0.349 e. The molecule has 20 heavy (non-hydrogen) atoms. The Morgan fingerprint density at radius 1 is 1.35 bits per heavy atom. The second-order valence-electron chi connectivity index (χ2n) is 4.78. The average Bonchev–Trinajstić information content (AvgIpc) is 2.33. The number of hydrogen-bond donors (Lipinski definition) is 1. The van der Waals surface area contributed by atoms with E-state index in [2.05, 4.69) is 5.32 Å². The van der Waals surface area contributed by atoms with E-state index in [-0.39, 0.29) is 27.4 Å². The van der Waals surface area contributed by atoms with Gasteiger partial charge in [-0.2, -0.15) is 0 Å². The summed E-state index contributed by atoms with van der Waals surface area (Å²) in [6, 6.07) is 4.09. The van der Waals surface area contributed by atoms with Gasteiger partial charge in [-0.1, -0.05) is 38.4 Å². The summed E-state index contributed by atoms with van der Waals surface area (Å²) in [7, 11) is 1.31. The molecule has 0 aliphatic carbocycles. The first-order valence-electron chi connectivity index (χ1n) is 6.22. The van der Waals surface area contributed by atoms with Gasteiger partial charge in [0.25, 0.3) is 15.0 Å². The summed E-state index contributed by atoms with van der Waals surface area (Å²) in [5.74, 6) is -0.308. The number of carbonyl (C=O) groups is 1. The van der Waals surface area contributed by atoms with E-state index in [0.29, 0.717) is 0 Å². The van der Waals surface area contributed by atoms with Crippen LogP contribution in [-0.4, -0.2) is 20.4 Å². The monoisotopic (exact) mass is 337 g/mol. The first-order chi connectivity index (χ1) is 9.18. The van der Waals surface area contributed by atoms with E-state index in [1.807, 2.05) is 20.8 Å². The summed E-state index contributed by atoms with van der Waals surface area (Å²) in [5.41, 5.74) is -0.108. The maximum absolute atomic E-state index is 12.3. The molecule has 0 bridgehead atoms. The van der Waals surface area contributed by atoms with E-state index in [4.69, 9.17) is 22.3 Å². The molecule has 0 saturated heterocycles. The molecule has 0 spiro atoms. The lowest BCUT2D eigenvalue weighted by Crippen LogP contribution is -2.38. The third-order valence-electron chi connectivity index (χ3n) is 3.03. The second kappa shape index (κ2) is 6.78. The van der Waals surface area contributed by atoms with E-state index in [9.17, 15) is 13.2 Å². The van der Waals surface area contributed by atoms with Crippen LogP contribution in [0.1, 0.15) is 37.6 Å². The molecule has 0 aromatic heterocycles. The maximum Gasteiger partial charge on any atom is 0.262 e. The number of nitrogens with one attached hydrogen (secondary N) is 1. The van der Waals surface area contributed by atoms with Crippen molar-refractivity contribution in [3.05, 3.63) is 28.8 Å². The molecule has 1 N–H and O–H groups in total. The van der Waals surface area contributed by atoms with Gasteiger partial charge in [0.15, 0.2) is 0 Å². The van der Waals surface area contributed by atoms with Crippen molar-refractivity contribution in [2.45, 2.75) is 38.1 Å². The first-order valence-corrected chi connectivity index (χ1v) is 8.91. The third-order valence-corrected chi connectivity index (χ3v) is 4.71. The van der Waals surface area contributed by atoms with Crippen LogP contribution in [0.3, 0.4) is 0 Å². The number of halogens is 2. The lowest BCUT2D eigenvalue weighted by molar-refractivity contribution is 0.0921. The van der Waals surface area contributed by atoms with Gasteiger partial charge in [-0.3, -0.25) is 4.79 Å². The Bertz CT molecular complexity index is 600. The summed E-state index contributed by atoms with van der Waals surface area (Å²) in [6.45, 7) is 5.89. The van der Waals surface area contributed by atoms with Crippen LogP contribution in [0.5, 0.6) is 0 Å². The zero-order valence-corrected chi connectivity index (χ0v) is 13.8. The van der Waals surface area contributed by atoms with Gasteiger partial charge in [-0.25, -0.2) is 8.42 Å². The Labute approximate surface area is 128 Å². The molecule has 0 aliphatic rings. The van der Waals surface area contributed by atoms with Crippen LogP contribution in [0.4, 0.5) is 0 Å². The maximum atomic E-state index is 12.3. The molecule has 0 aliphatic heterocycles. The fourth-order valence-electron chi connectivity index (χ4n) is 1.91. The van der Waals surface area contributed by atoms with Crippen molar-refractivity contribution >= 4 is 37.2 Å². The highest BCUT2D eigenvalue weighted by Crippen LogP contribution is 2.26. The fraction of sp³-hybridized carbons (Fsp3) is 0.462. The fourth-order valence-corrected chi connectivity index (χ4v) is 3.30. The van der Waals surface area contributed by atoms with Crippen LogP contribution in [0.2, 0.25) is 5.02 Å². The molecule has 1 unspecified atom stereocenters. The van der Waals surface area contributed by atoms with Gasteiger partial charge >= 0.3 is 0 Å². The molecule has 0 fully saturated rings. The second-order valence-corrected chi connectivity index (χ2v) is 7.72. The first kappa shape index (κ1) is 17.3. The summed E-state index contributed by atoms with van der Waals surface area (Å²) < 4.78 is 23.1. The highest BCUT2D eigenvalue weighted by Gasteiger charge is 2.25. The normalized spacial score (nSPS) is 13.3. The van der Waals surface area contributed by atoms with Gasteiger partial charge in [0.1, 0.15) is 0 Å². The molecule has 1 rings (SSSR count). The van der Waals surface area contributed by atoms with Crippen molar-refractivity contribution in [2.75, 3.05) is 0 Å². The molecular formula is C13H17Cl2NO3S. The topological polar surface area (TPSA) is 63.2 Å². The molecular weight excluding hydrogens is 321 g/mol. The Balaban J connectivity index is 3.23. The number of benzene rings is 1. The van der Waals surface area contributed by atoms with Crippen LogP contribution in [0.25, 0.3) is 0 Å². The zero-order chi connectivity index (χ0) is 15.5. The molecule has 7 heteroatoms. The minimum Gasteiger partial charge on any atom is -0.349 e. The molecule has 1 aromatic carbocycles. The third kappa shape index (κ3) is 4.11. The van der Waals surface area contributed by atoms with E-state index in [1.54, 1.807) is 0 Å². The van der Waals surface area contributed by atoms with Gasteiger partial charge in [0.2, 0.25) is 0 Å². The van der Waals surface area contributed by atoms with Crippen LogP contribution in [0, 0.1) is 5.92 Å². The van der Waals surface area contributed by atoms with Crippen molar-refractivity contribution in [2.24, 2.45) is 5.92 Å². The lowest BCUT2D eigenvalue weighted by atomic mass is 10.0. The number of rotatable bonds is 5. The summed E-state index contributed by atoms with van der Waals surface area (Å²) >= 11 is 5.95. The SMILES string of the molecule is CCC(NC(=O)c1c(Cl)cccc1S(=O)(=O)Cl)C(C)C. The Morgan fingerprint density at radius 2 is 1.95 bits per heavy atom.